The topological polar surface area (TPSA) is 81.5 Å². The zero-order chi connectivity index (χ0) is 11.7. The van der Waals surface area contributed by atoms with Crippen LogP contribution in [0, 0.1) is 17.2 Å². The Morgan fingerprint density at radius 2 is 2.18 bits per heavy atom. The maximum atomic E-state index is 8.88. The molecule has 2 aromatic rings. The zero-order valence-electron chi connectivity index (χ0n) is 9.30. The van der Waals surface area contributed by atoms with Crippen LogP contribution in [0.2, 0.25) is 0 Å². The Bertz CT molecular complexity index is 561. The van der Waals surface area contributed by atoms with Crippen molar-refractivity contribution >= 4 is 16.9 Å². The lowest BCUT2D eigenvalue weighted by atomic mass is 9.98. The number of fused-ring (bicyclic) bond motifs is 1. The first-order valence-corrected chi connectivity index (χ1v) is 5.67. The summed E-state index contributed by atoms with van der Waals surface area (Å²) in [6, 6.07) is 2.33. The summed E-state index contributed by atoms with van der Waals surface area (Å²) in [4.78, 5) is 10.6. The summed E-state index contributed by atoms with van der Waals surface area (Å²) < 4.78 is 0. The number of nitriles is 1. The predicted octanol–water partition coefficient (Wildman–Crippen LogP) is 1.09. The van der Waals surface area contributed by atoms with Crippen molar-refractivity contribution < 1.29 is 0 Å². The van der Waals surface area contributed by atoms with Crippen molar-refractivity contribution in [3.05, 3.63) is 12.5 Å². The molecule has 0 saturated carbocycles. The van der Waals surface area contributed by atoms with Crippen LogP contribution >= 0.6 is 0 Å². The van der Waals surface area contributed by atoms with Crippen LogP contribution < -0.4 is 4.90 Å². The maximum absolute atomic E-state index is 8.88. The summed E-state index contributed by atoms with van der Waals surface area (Å²) in [7, 11) is 0. The SMILES string of the molecule is N#CC1CCN(c2ncnc3[nH]ncc23)CC1. The molecule has 3 heterocycles. The Kier molecular flexibility index (Phi) is 2.37. The molecule has 0 radical (unpaired) electrons. The van der Waals surface area contributed by atoms with E-state index in [0.717, 1.165) is 42.8 Å². The van der Waals surface area contributed by atoms with Gasteiger partial charge in [-0.2, -0.15) is 10.4 Å². The molecule has 1 fully saturated rings. The fourth-order valence-electron chi connectivity index (χ4n) is 2.22. The summed E-state index contributed by atoms with van der Waals surface area (Å²) in [6.45, 7) is 1.74. The van der Waals surface area contributed by atoms with E-state index in [-0.39, 0.29) is 5.92 Å². The Morgan fingerprint density at radius 3 is 2.94 bits per heavy atom. The van der Waals surface area contributed by atoms with E-state index in [0.29, 0.717) is 0 Å². The number of rotatable bonds is 1. The van der Waals surface area contributed by atoms with E-state index in [1.54, 1.807) is 12.5 Å². The normalized spacial score (nSPS) is 17.2. The third-order valence-corrected chi connectivity index (χ3v) is 3.20. The van der Waals surface area contributed by atoms with Gasteiger partial charge >= 0.3 is 0 Å². The van der Waals surface area contributed by atoms with E-state index in [4.69, 9.17) is 5.26 Å². The largest absolute Gasteiger partial charge is 0.356 e. The minimum absolute atomic E-state index is 0.188. The predicted molar refractivity (Wildman–Crippen MR) is 62.2 cm³/mol. The van der Waals surface area contributed by atoms with Crippen LogP contribution in [0.15, 0.2) is 12.5 Å². The molecule has 17 heavy (non-hydrogen) atoms. The second kappa shape index (κ2) is 4.01. The Labute approximate surface area is 98.3 Å². The minimum Gasteiger partial charge on any atom is -0.356 e. The fraction of sp³-hybridized carbons (Fsp3) is 0.455. The van der Waals surface area contributed by atoms with Crippen molar-refractivity contribution in [1.82, 2.24) is 20.2 Å². The summed E-state index contributed by atoms with van der Waals surface area (Å²) >= 11 is 0. The number of aromatic nitrogens is 4. The quantitative estimate of drug-likeness (QED) is 0.790. The molecule has 1 aliphatic rings. The number of hydrogen-bond donors (Lipinski definition) is 1. The molecule has 3 rings (SSSR count). The monoisotopic (exact) mass is 228 g/mol. The lowest BCUT2D eigenvalue weighted by molar-refractivity contribution is 0.486. The van der Waals surface area contributed by atoms with Gasteiger partial charge in [-0.15, -0.1) is 0 Å². The van der Waals surface area contributed by atoms with Gasteiger partial charge in [0, 0.05) is 19.0 Å². The van der Waals surface area contributed by atoms with Crippen LogP contribution in [0.1, 0.15) is 12.8 Å². The first-order chi connectivity index (χ1) is 8.38. The van der Waals surface area contributed by atoms with E-state index in [9.17, 15) is 0 Å². The van der Waals surface area contributed by atoms with Crippen molar-refractivity contribution in [2.24, 2.45) is 5.92 Å². The average Bonchev–Trinajstić information content (AvgIpc) is 2.87. The molecule has 0 unspecified atom stereocenters. The molecule has 0 aromatic carbocycles. The third-order valence-electron chi connectivity index (χ3n) is 3.20. The van der Waals surface area contributed by atoms with Crippen molar-refractivity contribution in [2.75, 3.05) is 18.0 Å². The van der Waals surface area contributed by atoms with Gasteiger partial charge in [-0.25, -0.2) is 9.97 Å². The van der Waals surface area contributed by atoms with Gasteiger partial charge in [0.25, 0.3) is 0 Å². The summed E-state index contributed by atoms with van der Waals surface area (Å²) in [5, 5.41) is 16.6. The van der Waals surface area contributed by atoms with E-state index >= 15 is 0 Å². The highest BCUT2D eigenvalue weighted by molar-refractivity contribution is 5.86. The molecular formula is C11H12N6. The number of piperidine rings is 1. The van der Waals surface area contributed by atoms with Gasteiger partial charge in [0.2, 0.25) is 0 Å². The van der Waals surface area contributed by atoms with Gasteiger partial charge in [-0.1, -0.05) is 0 Å². The lowest BCUT2D eigenvalue weighted by Crippen LogP contribution is -2.33. The number of nitrogens with one attached hydrogen (secondary N) is 1. The minimum atomic E-state index is 0.188. The summed E-state index contributed by atoms with van der Waals surface area (Å²) in [5.41, 5.74) is 0.761. The standard InChI is InChI=1S/C11H12N6/c12-5-8-1-3-17(4-2-8)11-9-6-15-16-10(9)13-7-14-11/h6-8H,1-4H2,(H,13,14,15,16). The molecule has 0 spiro atoms. The highest BCUT2D eigenvalue weighted by atomic mass is 15.2. The van der Waals surface area contributed by atoms with Gasteiger partial charge in [0.1, 0.15) is 12.1 Å². The first-order valence-electron chi connectivity index (χ1n) is 5.67. The van der Waals surface area contributed by atoms with E-state index in [2.05, 4.69) is 31.1 Å². The highest BCUT2D eigenvalue weighted by Crippen LogP contribution is 2.25. The molecule has 1 aliphatic heterocycles. The molecule has 1 saturated heterocycles. The number of nitrogens with zero attached hydrogens (tertiary/aromatic N) is 5. The second-order valence-electron chi connectivity index (χ2n) is 4.22. The van der Waals surface area contributed by atoms with Gasteiger partial charge in [0.15, 0.2) is 5.65 Å². The van der Waals surface area contributed by atoms with Crippen LogP contribution in [-0.4, -0.2) is 33.3 Å². The Hall–Kier alpha value is -2.16. The van der Waals surface area contributed by atoms with Crippen LogP contribution in [-0.2, 0) is 0 Å². The van der Waals surface area contributed by atoms with Gasteiger partial charge < -0.3 is 4.90 Å². The maximum Gasteiger partial charge on any atom is 0.160 e. The molecule has 1 N–H and O–H groups in total. The van der Waals surface area contributed by atoms with Crippen molar-refractivity contribution in [3.8, 4) is 6.07 Å². The number of anilines is 1. The van der Waals surface area contributed by atoms with Crippen LogP contribution in [0.3, 0.4) is 0 Å². The van der Waals surface area contributed by atoms with Crippen molar-refractivity contribution in [2.45, 2.75) is 12.8 Å². The number of H-pyrrole nitrogens is 1. The van der Waals surface area contributed by atoms with Gasteiger partial charge in [-0.3, -0.25) is 5.10 Å². The van der Waals surface area contributed by atoms with Gasteiger partial charge in [0.05, 0.1) is 17.7 Å². The molecule has 86 valence electrons. The number of hydrogen-bond acceptors (Lipinski definition) is 5. The van der Waals surface area contributed by atoms with Crippen LogP contribution in [0.25, 0.3) is 11.0 Å². The summed E-state index contributed by atoms with van der Waals surface area (Å²) in [6.07, 6.45) is 5.10. The average molecular weight is 228 g/mol. The Morgan fingerprint density at radius 1 is 1.35 bits per heavy atom. The summed E-state index contributed by atoms with van der Waals surface area (Å²) in [5.74, 6) is 1.10. The van der Waals surface area contributed by atoms with E-state index < -0.39 is 0 Å². The molecule has 2 aromatic heterocycles. The smallest absolute Gasteiger partial charge is 0.160 e. The first kappa shape index (κ1) is 10.0. The van der Waals surface area contributed by atoms with E-state index in [1.807, 2.05) is 0 Å². The molecule has 0 bridgehead atoms. The van der Waals surface area contributed by atoms with Crippen molar-refractivity contribution in [3.63, 3.8) is 0 Å². The molecule has 6 heteroatoms. The zero-order valence-corrected chi connectivity index (χ0v) is 9.30. The van der Waals surface area contributed by atoms with E-state index in [1.165, 1.54) is 0 Å². The third kappa shape index (κ3) is 1.69. The molecule has 0 amide bonds. The van der Waals surface area contributed by atoms with Crippen molar-refractivity contribution in [1.29, 1.82) is 5.26 Å². The molecular weight excluding hydrogens is 216 g/mol. The van der Waals surface area contributed by atoms with Crippen LogP contribution in [0.5, 0.6) is 0 Å². The molecule has 0 atom stereocenters. The van der Waals surface area contributed by atoms with Crippen LogP contribution in [0.4, 0.5) is 5.82 Å². The second-order valence-corrected chi connectivity index (χ2v) is 4.22. The molecule has 6 nitrogen and oxygen atoms in total. The molecule has 0 aliphatic carbocycles. The number of aromatic amines is 1. The highest BCUT2D eigenvalue weighted by Gasteiger charge is 2.21. The lowest BCUT2D eigenvalue weighted by Gasteiger charge is -2.30. The Balaban J connectivity index is 1.90. The van der Waals surface area contributed by atoms with Gasteiger partial charge in [-0.05, 0) is 12.8 Å². The fourth-order valence-corrected chi connectivity index (χ4v) is 2.22.